The van der Waals surface area contributed by atoms with Gasteiger partial charge in [-0.3, -0.25) is 9.59 Å². The molecule has 1 amide bonds. The number of hydrogen-bond donors (Lipinski definition) is 1. The molecule has 1 heterocycles. The van der Waals surface area contributed by atoms with E-state index in [2.05, 4.69) is 5.32 Å². The minimum Gasteiger partial charge on any atom is -0.461 e. The van der Waals surface area contributed by atoms with Crippen molar-refractivity contribution < 1.29 is 14.0 Å². The molecule has 0 unspecified atom stereocenters. The number of hydrogen-bond acceptors (Lipinski definition) is 3. The van der Waals surface area contributed by atoms with Crippen LogP contribution in [0.4, 0.5) is 5.69 Å². The normalized spacial score (nSPS) is 10.5. The van der Waals surface area contributed by atoms with Gasteiger partial charge in [0.05, 0.1) is 5.56 Å². The summed E-state index contributed by atoms with van der Waals surface area (Å²) in [5.41, 5.74) is 3.83. The topological polar surface area (TPSA) is 59.3 Å². The highest BCUT2D eigenvalue weighted by Gasteiger charge is 2.16. The van der Waals surface area contributed by atoms with Crippen LogP contribution in [0.1, 0.15) is 39.0 Å². The molecule has 126 valence electrons. The van der Waals surface area contributed by atoms with E-state index in [-0.39, 0.29) is 11.7 Å². The minimum atomic E-state index is -0.241. The first kappa shape index (κ1) is 16.7. The molecule has 0 saturated carbocycles. The van der Waals surface area contributed by atoms with Gasteiger partial charge in [-0.2, -0.15) is 0 Å². The summed E-state index contributed by atoms with van der Waals surface area (Å²) >= 11 is 0. The van der Waals surface area contributed by atoms with Gasteiger partial charge in [0.15, 0.2) is 5.78 Å². The molecule has 0 radical (unpaired) electrons. The van der Waals surface area contributed by atoms with Gasteiger partial charge in [-0.05, 0) is 51.1 Å². The Morgan fingerprint density at radius 1 is 0.920 bits per heavy atom. The fraction of sp³-hybridized carbons (Fsp3) is 0.143. The monoisotopic (exact) mass is 333 g/mol. The average molecular weight is 333 g/mol. The van der Waals surface area contributed by atoms with Gasteiger partial charge >= 0.3 is 0 Å². The van der Waals surface area contributed by atoms with E-state index in [0.717, 1.165) is 5.56 Å². The largest absolute Gasteiger partial charge is 0.461 e. The highest BCUT2D eigenvalue weighted by molar-refractivity contribution is 6.05. The van der Waals surface area contributed by atoms with Crippen LogP contribution in [0.15, 0.2) is 59.0 Å². The van der Waals surface area contributed by atoms with Crippen molar-refractivity contribution >= 4 is 17.4 Å². The Balaban J connectivity index is 1.80. The van der Waals surface area contributed by atoms with Gasteiger partial charge < -0.3 is 9.73 Å². The van der Waals surface area contributed by atoms with Gasteiger partial charge in [0, 0.05) is 16.8 Å². The second-order valence-electron chi connectivity index (χ2n) is 6.03. The Morgan fingerprint density at radius 2 is 1.56 bits per heavy atom. The summed E-state index contributed by atoms with van der Waals surface area (Å²) in [7, 11) is 0. The number of furan rings is 1. The predicted molar refractivity (Wildman–Crippen MR) is 98.0 cm³/mol. The van der Waals surface area contributed by atoms with Crippen molar-refractivity contribution in [2.75, 3.05) is 5.32 Å². The molecule has 3 aromatic rings. The maximum atomic E-state index is 12.5. The Bertz CT molecular complexity index is 919. The first-order valence-corrected chi connectivity index (χ1v) is 8.04. The molecule has 0 atom stereocenters. The number of carbonyl (C=O) groups is 2. The molecule has 0 aliphatic carbocycles. The van der Waals surface area contributed by atoms with Gasteiger partial charge in [0.2, 0.25) is 0 Å². The third kappa shape index (κ3) is 3.69. The zero-order valence-corrected chi connectivity index (χ0v) is 14.4. The third-order valence-corrected chi connectivity index (χ3v) is 4.05. The molecule has 2 aromatic carbocycles. The fourth-order valence-electron chi connectivity index (χ4n) is 2.55. The first-order chi connectivity index (χ1) is 11.9. The maximum absolute atomic E-state index is 12.5. The minimum absolute atomic E-state index is 0.00806. The number of Topliss-reactive ketones (excluding diaryl/α,β-unsaturated/α-hetero) is 1. The summed E-state index contributed by atoms with van der Waals surface area (Å²) < 4.78 is 5.74. The van der Waals surface area contributed by atoms with Crippen LogP contribution in [-0.4, -0.2) is 11.7 Å². The number of amides is 1. The fourth-order valence-corrected chi connectivity index (χ4v) is 2.55. The SMILES string of the molecule is CC(=O)c1ccc(NC(=O)c2cc(-c3ccc(C)cc3)oc2C)cc1. The number of rotatable bonds is 4. The number of nitrogens with one attached hydrogen (secondary N) is 1. The molecular formula is C21H19NO3. The van der Waals surface area contributed by atoms with Crippen LogP contribution >= 0.6 is 0 Å². The van der Waals surface area contributed by atoms with Crippen molar-refractivity contribution in [2.45, 2.75) is 20.8 Å². The van der Waals surface area contributed by atoms with Crippen LogP contribution in [0.3, 0.4) is 0 Å². The number of ketones is 1. The lowest BCUT2D eigenvalue weighted by atomic mass is 10.1. The second kappa shape index (κ2) is 6.77. The lowest BCUT2D eigenvalue weighted by molar-refractivity contribution is 0.101. The van der Waals surface area contributed by atoms with E-state index in [0.29, 0.717) is 28.3 Å². The van der Waals surface area contributed by atoms with Crippen molar-refractivity contribution in [1.29, 1.82) is 0 Å². The van der Waals surface area contributed by atoms with Crippen LogP contribution in [0.25, 0.3) is 11.3 Å². The number of benzene rings is 2. The van der Waals surface area contributed by atoms with Crippen molar-refractivity contribution in [3.63, 3.8) is 0 Å². The summed E-state index contributed by atoms with van der Waals surface area (Å²) in [6, 6.07) is 16.5. The standard InChI is InChI=1S/C21H19NO3/c1-13-4-6-17(7-5-13)20-12-19(15(3)25-20)21(24)22-18-10-8-16(9-11-18)14(2)23/h4-12H,1-3H3,(H,22,24). The summed E-state index contributed by atoms with van der Waals surface area (Å²) in [4.78, 5) is 23.8. The van der Waals surface area contributed by atoms with Gasteiger partial charge in [-0.1, -0.05) is 29.8 Å². The smallest absolute Gasteiger partial charge is 0.259 e. The zero-order chi connectivity index (χ0) is 18.0. The highest BCUT2D eigenvalue weighted by atomic mass is 16.3. The molecule has 1 N–H and O–H groups in total. The molecule has 0 aliphatic heterocycles. The predicted octanol–water partition coefficient (Wildman–Crippen LogP) is 5.02. The molecule has 0 bridgehead atoms. The highest BCUT2D eigenvalue weighted by Crippen LogP contribution is 2.26. The van der Waals surface area contributed by atoms with Crippen molar-refractivity contribution in [3.8, 4) is 11.3 Å². The first-order valence-electron chi connectivity index (χ1n) is 8.04. The number of aryl methyl sites for hydroxylation is 2. The summed E-state index contributed by atoms with van der Waals surface area (Å²) in [6.07, 6.45) is 0. The van der Waals surface area contributed by atoms with Crippen LogP contribution in [0, 0.1) is 13.8 Å². The Hall–Kier alpha value is -3.14. The maximum Gasteiger partial charge on any atom is 0.259 e. The van der Waals surface area contributed by atoms with Crippen molar-refractivity contribution in [3.05, 3.63) is 77.0 Å². The lowest BCUT2D eigenvalue weighted by Crippen LogP contribution is -2.12. The van der Waals surface area contributed by atoms with Crippen LogP contribution in [0.5, 0.6) is 0 Å². The summed E-state index contributed by atoms with van der Waals surface area (Å²) in [5, 5.41) is 2.83. The second-order valence-corrected chi connectivity index (χ2v) is 6.03. The van der Waals surface area contributed by atoms with Gasteiger partial charge in [-0.15, -0.1) is 0 Å². The van der Waals surface area contributed by atoms with E-state index in [1.165, 1.54) is 12.5 Å². The molecule has 3 rings (SSSR count). The Kier molecular flexibility index (Phi) is 4.52. The number of anilines is 1. The van der Waals surface area contributed by atoms with Crippen molar-refractivity contribution in [1.82, 2.24) is 0 Å². The number of carbonyl (C=O) groups excluding carboxylic acids is 2. The van der Waals surface area contributed by atoms with Crippen molar-refractivity contribution in [2.24, 2.45) is 0 Å². The summed E-state index contributed by atoms with van der Waals surface area (Å²) in [5.74, 6) is 0.976. The van der Waals surface area contributed by atoms with Crippen LogP contribution in [0.2, 0.25) is 0 Å². The third-order valence-electron chi connectivity index (χ3n) is 4.05. The van der Waals surface area contributed by atoms with Gasteiger partial charge in [0.25, 0.3) is 5.91 Å². The molecule has 0 spiro atoms. The molecule has 0 saturated heterocycles. The van der Waals surface area contributed by atoms with E-state index in [4.69, 9.17) is 4.42 Å². The molecule has 0 fully saturated rings. The Labute approximate surface area is 146 Å². The zero-order valence-electron chi connectivity index (χ0n) is 14.4. The van der Waals surface area contributed by atoms with E-state index >= 15 is 0 Å². The van der Waals surface area contributed by atoms with E-state index in [9.17, 15) is 9.59 Å². The van der Waals surface area contributed by atoms with Crippen LogP contribution in [-0.2, 0) is 0 Å². The molecule has 4 heteroatoms. The van der Waals surface area contributed by atoms with E-state index in [1.54, 1.807) is 37.3 Å². The quantitative estimate of drug-likeness (QED) is 0.682. The van der Waals surface area contributed by atoms with Gasteiger partial charge in [-0.25, -0.2) is 0 Å². The average Bonchev–Trinajstić information content (AvgIpc) is 2.98. The molecule has 0 aliphatic rings. The molecule has 4 nitrogen and oxygen atoms in total. The molecular weight excluding hydrogens is 314 g/mol. The van der Waals surface area contributed by atoms with E-state index in [1.807, 2.05) is 31.2 Å². The Morgan fingerprint density at radius 3 is 2.16 bits per heavy atom. The molecule has 25 heavy (non-hydrogen) atoms. The van der Waals surface area contributed by atoms with Gasteiger partial charge in [0.1, 0.15) is 11.5 Å². The molecule has 1 aromatic heterocycles. The van der Waals surface area contributed by atoms with E-state index < -0.39 is 0 Å². The van der Waals surface area contributed by atoms with Crippen LogP contribution < -0.4 is 5.32 Å². The summed E-state index contributed by atoms with van der Waals surface area (Å²) in [6.45, 7) is 5.30. The lowest BCUT2D eigenvalue weighted by Gasteiger charge is -2.04.